The van der Waals surface area contributed by atoms with Gasteiger partial charge >= 0.3 is 5.97 Å². The number of fused-ring (bicyclic) bond motifs is 1. The van der Waals surface area contributed by atoms with Gasteiger partial charge in [-0.15, -0.1) is 0 Å². The first-order valence-corrected chi connectivity index (χ1v) is 12.1. The van der Waals surface area contributed by atoms with Crippen LogP contribution in [0.1, 0.15) is 56.7 Å². The second kappa shape index (κ2) is 10.5. The first kappa shape index (κ1) is 22.8. The van der Waals surface area contributed by atoms with Crippen molar-refractivity contribution in [2.75, 3.05) is 20.3 Å². The Balaban J connectivity index is 1.47. The van der Waals surface area contributed by atoms with E-state index in [0.29, 0.717) is 36.4 Å². The molecule has 32 heavy (non-hydrogen) atoms. The molecule has 2 aromatic carbocycles. The molecule has 2 fully saturated rings. The summed E-state index contributed by atoms with van der Waals surface area (Å²) in [5.41, 5.74) is 2.77. The molecular formula is C28H37NO3. The van der Waals surface area contributed by atoms with Gasteiger partial charge in [0, 0.05) is 31.5 Å². The number of esters is 1. The SMILES string of the molecule is COc1ccc(C[C@@H]2CC[C@@H]3[C@@H](C[C@@H](COC(C)=O)CN3[C@H](C)c3ccccc3)C2)cc1. The quantitative estimate of drug-likeness (QED) is 0.525. The van der Waals surface area contributed by atoms with E-state index in [1.54, 1.807) is 7.11 Å². The summed E-state index contributed by atoms with van der Waals surface area (Å²) in [5, 5.41) is 0. The summed E-state index contributed by atoms with van der Waals surface area (Å²) in [5.74, 6) is 2.53. The minimum absolute atomic E-state index is 0.171. The lowest BCUT2D eigenvalue weighted by molar-refractivity contribution is -0.144. The van der Waals surface area contributed by atoms with Gasteiger partial charge in [-0.2, -0.15) is 0 Å². The predicted octanol–water partition coefficient (Wildman–Crippen LogP) is 5.67. The third-order valence-corrected chi connectivity index (χ3v) is 7.57. The van der Waals surface area contributed by atoms with E-state index in [9.17, 15) is 4.79 Å². The van der Waals surface area contributed by atoms with Crippen LogP contribution in [0, 0.1) is 17.8 Å². The summed E-state index contributed by atoms with van der Waals surface area (Å²) in [6.45, 7) is 5.40. The third-order valence-electron chi connectivity index (χ3n) is 7.57. The molecule has 2 aliphatic rings. The van der Waals surface area contributed by atoms with Crippen LogP contribution in [0.25, 0.3) is 0 Å². The Labute approximate surface area is 192 Å². The summed E-state index contributed by atoms with van der Waals surface area (Å²) in [6.07, 6.45) is 6.08. The Bertz CT molecular complexity index is 866. The van der Waals surface area contributed by atoms with Gasteiger partial charge < -0.3 is 9.47 Å². The molecule has 0 spiro atoms. The molecule has 0 unspecified atom stereocenters. The Morgan fingerprint density at radius 3 is 2.44 bits per heavy atom. The molecule has 0 bridgehead atoms. The average molecular weight is 436 g/mol. The fourth-order valence-electron chi connectivity index (χ4n) is 5.98. The molecule has 4 rings (SSSR count). The maximum Gasteiger partial charge on any atom is 0.302 e. The Kier molecular flexibility index (Phi) is 7.51. The fraction of sp³-hybridized carbons (Fsp3) is 0.536. The average Bonchev–Trinajstić information content (AvgIpc) is 2.82. The molecule has 1 aliphatic heterocycles. The Hall–Kier alpha value is -2.33. The van der Waals surface area contributed by atoms with Crippen LogP contribution in [0.4, 0.5) is 0 Å². The van der Waals surface area contributed by atoms with Crippen LogP contribution in [0.5, 0.6) is 5.75 Å². The second-order valence-corrected chi connectivity index (χ2v) is 9.75. The van der Waals surface area contributed by atoms with Crippen LogP contribution in [0.3, 0.4) is 0 Å². The van der Waals surface area contributed by atoms with E-state index in [-0.39, 0.29) is 5.97 Å². The van der Waals surface area contributed by atoms with Gasteiger partial charge in [0.25, 0.3) is 0 Å². The molecule has 4 nitrogen and oxygen atoms in total. The molecule has 0 aromatic heterocycles. The zero-order valence-corrected chi connectivity index (χ0v) is 19.7. The number of nitrogens with zero attached hydrogens (tertiary/aromatic N) is 1. The first-order chi connectivity index (χ1) is 15.5. The van der Waals surface area contributed by atoms with Crippen LogP contribution >= 0.6 is 0 Å². The van der Waals surface area contributed by atoms with Gasteiger partial charge in [-0.25, -0.2) is 0 Å². The highest BCUT2D eigenvalue weighted by Crippen LogP contribution is 2.44. The molecule has 1 aliphatic carbocycles. The maximum absolute atomic E-state index is 11.5. The number of methoxy groups -OCH3 is 1. The minimum Gasteiger partial charge on any atom is -0.497 e. The van der Waals surface area contributed by atoms with Crippen molar-refractivity contribution in [1.82, 2.24) is 4.90 Å². The van der Waals surface area contributed by atoms with Crippen LogP contribution in [0.2, 0.25) is 0 Å². The number of rotatable bonds is 7. The van der Waals surface area contributed by atoms with Gasteiger partial charge in [0.1, 0.15) is 5.75 Å². The van der Waals surface area contributed by atoms with Gasteiger partial charge in [-0.3, -0.25) is 9.69 Å². The molecule has 1 saturated carbocycles. The topological polar surface area (TPSA) is 38.8 Å². The van der Waals surface area contributed by atoms with Crippen LogP contribution in [-0.4, -0.2) is 37.2 Å². The third kappa shape index (κ3) is 5.53. The molecule has 172 valence electrons. The second-order valence-electron chi connectivity index (χ2n) is 9.75. The largest absolute Gasteiger partial charge is 0.497 e. The van der Waals surface area contributed by atoms with Crippen molar-refractivity contribution >= 4 is 5.97 Å². The Morgan fingerprint density at radius 2 is 1.75 bits per heavy atom. The van der Waals surface area contributed by atoms with Crippen molar-refractivity contribution in [3.8, 4) is 5.75 Å². The van der Waals surface area contributed by atoms with Gasteiger partial charge in [0.15, 0.2) is 0 Å². The number of hydrogen-bond acceptors (Lipinski definition) is 4. The van der Waals surface area contributed by atoms with Gasteiger partial charge in [-0.1, -0.05) is 42.5 Å². The number of hydrogen-bond donors (Lipinski definition) is 0. The summed E-state index contributed by atoms with van der Waals surface area (Å²) in [7, 11) is 1.72. The van der Waals surface area contributed by atoms with Gasteiger partial charge in [0.05, 0.1) is 13.7 Å². The number of ether oxygens (including phenoxy) is 2. The summed E-state index contributed by atoms with van der Waals surface area (Å²) < 4.78 is 10.8. The van der Waals surface area contributed by atoms with E-state index >= 15 is 0 Å². The van der Waals surface area contributed by atoms with Crippen molar-refractivity contribution in [1.29, 1.82) is 0 Å². The fourth-order valence-corrected chi connectivity index (χ4v) is 5.98. The summed E-state index contributed by atoms with van der Waals surface area (Å²) in [6, 6.07) is 20.4. The molecule has 0 N–H and O–H groups in total. The lowest BCUT2D eigenvalue weighted by atomic mass is 9.69. The van der Waals surface area contributed by atoms with E-state index in [0.717, 1.165) is 25.1 Å². The van der Waals surface area contributed by atoms with Crippen molar-refractivity contribution in [3.05, 3.63) is 65.7 Å². The summed E-state index contributed by atoms with van der Waals surface area (Å²) >= 11 is 0. The van der Waals surface area contributed by atoms with E-state index in [1.807, 2.05) is 0 Å². The zero-order chi connectivity index (χ0) is 22.5. The first-order valence-electron chi connectivity index (χ1n) is 12.1. The number of carbonyl (C=O) groups is 1. The van der Waals surface area contributed by atoms with E-state index in [4.69, 9.17) is 9.47 Å². The Morgan fingerprint density at radius 1 is 1.03 bits per heavy atom. The molecule has 0 amide bonds. The highest BCUT2D eigenvalue weighted by atomic mass is 16.5. The highest BCUT2D eigenvalue weighted by molar-refractivity contribution is 5.65. The minimum atomic E-state index is -0.171. The molecule has 0 radical (unpaired) electrons. The summed E-state index contributed by atoms with van der Waals surface area (Å²) in [4.78, 5) is 14.2. The normalized spacial score (nSPS) is 26.7. The van der Waals surface area contributed by atoms with E-state index in [2.05, 4.69) is 66.4 Å². The van der Waals surface area contributed by atoms with E-state index in [1.165, 1.54) is 37.3 Å². The van der Waals surface area contributed by atoms with E-state index < -0.39 is 0 Å². The van der Waals surface area contributed by atoms with Gasteiger partial charge in [0.2, 0.25) is 0 Å². The van der Waals surface area contributed by atoms with Crippen LogP contribution < -0.4 is 4.74 Å². The predicted molar refractivity (Wildman–Crippen MR) is 128 cm³/mol. The number of benzene rings is 2. The van der Waals surface area contributed by atoms with Crippen molar-refractivity contribution in [2.45, 2.75) is 58.0 Å². The standard InChI is InChI=1S/C28H37NO3/c1-20(25-7-5-4-6-8-25)29-18-24(19-32-21(2)30)17-26-16-23(11-14-28(26)29)15-22-9-12-27(31-3)13-10-22/h4-10,12-13,20,23-24,26,28H,11,14-19H2,1-3H3/t20-,23+,24-,26-,28-/m1/s1. The number of piperidine rings is 1. The number of likely N-dealkylation sites (tertiary alicyclic amines) is 1. The zero-order valence-electron chi connectivity index (χ0n) is 19.7. The number of carbonyl (C=O) groups excluding carboxylic acids is 1. The van der Waals surface area contributed by atoms with Crippen molar-refractivity contribution < 1.29 is 14.3 Å². The lowest BCUT2D eigenvalue weighted by Crippen LogP contribution is -2.52. The molecule has 1 heterocycles. The molecule has 5 atom stereocenters. The van der Waals surface area contributed by atoms with Crippen molar-refractivity contribution in [2.24, 2.45) is 17.8 Å². The lowest BCUT2D eigenvalue weighted by Gasteiger charge is -2.51. The maximum atomic E-state index is 11.5. The molecule has 2 aromatic rings. The van der Waals surface area contributed by atoms with Gasteiger partial charge in [-0.05, 0) is 74.1 Å². The molecular weight excluding hydrogens is 398 g/mol. The molecule has 1 saturated heterocycles. The van der Waals surface area contributed by atoms with Crippen LogP contribution in [-0.2, 0) is 16.0 Å². The van der Waals surface area contributed by atoms with Crippen LogP contribution in [0.15, 0.2) is 54.6 Å². The highest BCUT2D eigenvalue weighted by Gasteiger charge is 2.42. The smallest absolute Gasteiger partial charge is 0.302 e. The molecule has 4 heteroatoms. The monoisotopic (exact) mass is 435 g/mol. The van der Waals surface area contributed by atoms with Crippen molar-refractivity contribution in [3.63, 3.8) is 0 Å².